The normalized spacial score (nSPS) is 18.0. The Morgan fingerprint density at radius 1 is 1.25 bits per heavy atom. The van der Waals surface area contributed by atoms with Crippen LogP contribution in [-0.2, 0) is 14.4 Å². The molecule has 24 heavy (non-hydrogen) atoms. The van der Waals surface area contributed by atoms with Crippen molar-refractivity contribution in [2.45, 2.75) is 19.8 Å². The van der Waals surface area contributed by atoms with Crippen molar-refractivity contribution in [3.63, 3.8) is 0 Å². The maximum Gasteiger partial charge on any atom is 0.264 e. The molecule has 1 N–H and O–H groups in total. The van der Waals surface area contributed by atoms with Gasteiger partial charge in [-0.15, -0.1) is 0 Å². The first-order valence-electron chi connectivity index (χ1n) is 8.05. The first-order chi connectivity index (χ1) is 11.5. The van der Waals surface area contributed by atoms with E-state index < -0.39 is 0 Å². The molecule has 0 bridgehead atoms. The average Bonchev–Trinajstić information content (AvgIpc) is 2.58. The van der Waals surface area contributed by atoms with Crippen molar-refractivity contribution in [3.05, 3.63) is 18.2 Å². The van der Waals surface area contributed by atoms with Gasteiger partial charge in [0.25, 0.3) is 5.91 Å². The van der Waals surface area contributed by atoms with Gasteiger partial charge in [0.1, 0.15) is 5.75 Å². The molecule has 7 nitrogen and oxygen atoms in total. The fourth-order valence-corrected chi connectivity index (χ4v) is 3.05. The standard InChI is InChI=1S/C17H21N3O4/c1-11(21)20-7-5-12(6-8-20)17(23)18-13-3-4-15-14(9-13)19(2)16(22)10-24-15/h3-4,9,12H,5-8,10H2,1-2H3,(H,18,23). The number of nitrogens with one attached hydrogen (secondary N) is 1. The van der Waals surface area contributed by atoms with Crippen molar-refractivity contribution in [2.24, 2.45) is 5.92 Å². The number of nitrogens with zero attached hydrogens (tertiary/aromatic N) is 2. The molecule has 0 saturated carbocycles. The quantitative estimate of drug-likeness (QED) is 0.884. The Labute approximate surface area is 140 Å². The van der Waals surface area contributed by atoms with E-state index in [2.05, 4.69) is 5.32 Å². The zero-order chi connectivity index (χ0) is 17.3. The highest BCUT2D eigenvalue weighted by molar-refractivity contribution is 5.99. The number of carbonyl (C=O) groups is 3. The molecule has 0 spiro atoms. The molecule has 1 aromatic carbocycles. The van der Waals surface area contributed by atoms with Gasteiger partial charge in [0.15, 0.2) is 6.61 Å². The lowest BCUT2D eigenvalue weighted by molar-refractivity contribution is -0.132. The SMILES string of the molecule is CC(=O)N1CCC(C(=O)Nc2ccc3c(c2)N(C)C(=O)CO3)CC1. The minimum absolute atomic E-state index is 0.0317. The Morgan fingerprint density at radius 3 is 2.62 bits per heavy atom. The van der Waals surface area contributed by atoms with Crippen LogP contribution in [0.4, 0.5) is 11.4 Å². The number of benzene rings is 1. The zero-order valence-electron chi connectivity index (χ0n) is 13.9. The fourth-order valence-electron chi connectivity index (χ4n) is 3.05. The summed E-state index contributed by atoms with van der Waals surface area (Å²) in [6.45, 7) is 2.81. The Hall–Kier alpha value is -2.57. The van der Waals surface area contributed by atoms with Gasteiger partial charge in [-0.05, 0) is 31.0 Å². The molecule has 2 heterocycles. The lowest BCUT2D eigenvalue weighted by Crippen LogP contribution is -2.40. The molecular formula is C17H21N3O4. The number of rotatable bonds is 2. The largest absolute Gasteiger partial charge is 0.482 e. The lowest BCUT2D eigenvalue weighted by atomic mass is 9.96. The average molecular weight is 331 g/mol. The molecule has 0 aliphatic carbocycles. The first-order valence-corrected chi connectivity index (χ1v) is 8.05. The second-order valence-corrected chi connectivity index (χ2v) is 6.19. The van der Waals surface area contributed by atoms with Crippen molar-refractivity contribution in [3.8, 4) is 5.75 Å². The monoisotopic (exact) mass is 331 g/mol. The van der Waals surface area contributed by atoms with Gasteiger partial charge in [-0.1, -0.05) is 0 Å². The van der Waals surface area contributed by atoms with Gasteiger partial charge in [0, 0.05) is 38.7 Å². The van der Waals surface area contributed by atoms with Crippen LogP contribution in [0, 0.1) is 5.92 Å². The summed E-state index contributed by atoms with van der Waals surface area (Å²) in [5.41, 5.74) is 1.29. The van der Waals surface area contributed by atoms with Crippen molar-refractivity contribution < 1.29 is 19.1 Å². The van der Waals surface area contributed by atoms with Crippen LogP contribution in [0.15, 0.2) is 18.2 Å². The summed E-state index contributed by atoms with van der Waals surface area (Å²) in [6.07, 6.45) is 1.33. The second kappa shape index (κ2) is 6.51. The van der Waals surface area contributed by atoms with Crippen LogP contribution < -0.4 is 15.0 Å². The van der Waals surface area contributed by atoms with Gasteiger partial charge >= 0.3 is 0 Å². The van der Waals surface area contributed by atoms with Gasteiger partial charge in [-0.25, -0.2) is 0 Å². The summed E-state index contributed by atoms with van der Waals surface area (Å²) in [5, 5.41) is 2.91. The van der Waals surface area contributed by atoms with Crippen LogP contribution >= 0.6 is 0 Å². The number of hydrogen-bond acceptors (Lipinski definition) is 4. The van der Waals surface area contributed by atoms with E-state index in [1.807, 2.05) is 0 Å². The summed E-state index contributed by atoms with van der Waals surface area (Å²) in [5.74, 6) is 0.403. The maximum atomic E-state index is 12.4. The third-order valence-electron chi connectivity index (χ3n) is 4.62. The van der Waals surface area contributed by atoms with Gasteiger partial charge in [0.05, 0.1) is 5.69 Å². The van der Waals surface area contributed by atoms with Crippen LogP contribution in [0.25, 0.3) is 0 Å². The van der Waals surface area contributed by atoms with E-state index in [1.54, 1.807) is 37.1 Å². The number of amides is 3. The van der Waals surface area contributed by atoms with Gasteiger partial charge < -0.3 is 19.9 Å². The van der Waals surface area contributed by atoms with E-state index >= 15 is 0 Å². The van der Waals surface area contributed by atoms with E-state index in [9.17, 15) is 14.4 Å². The van der Waals surface area contributed by atoms with E-state index in [-0.39, 0.29) is 30.2 Å². The number of fused-ring (bicyclic) bond motifs is 1. The Balaban J connectivity index is 1.65. The highest BCUT2D eigenvalue weighted by Crippen LogP contribution is 2.34. The van der Waals surface area contributed by atoms with Crippen LogP contribution in [0.1, 0.15) is 19.8 Å². The molecule has 3 rings (SSSR count). The Kier molecular flexibility index (Phi) is 4.42. The van der Waals surface area contributed by atoms with Crippen molar-refractivity contribution >= 4 is 29.1 Å². The van der Waals surface area contributed by atoms with Gasteiger partial charge in [-0.2, -0.15) is 0 Å². The zero-order valence-corrected chi connectivity index (χ0v) is 13.9. The van der Waals surface area contributed by atoms with Gasteiger partial charge in [0.2, 0.25) is 11.8 Å². The molecule has 1 fully saturated rings. The number of likely N-dealkylation sites (tertiary alicyclic amines) is 1. The molecule has 0 radical (unpaired) electrons. The summed E-state index contributed by atoms with van der Waals surface area (Å²) in [7, 11) is 1.69. The van der Waals surface area contributed by atoms with Crippen LogP contribution in [0.5, 0.6) is 5.75 Å². The number of carbonyl (C=O) groups excluding carboxylic acids is 3. The molecule has 0 aromatic heterocycles. The number of hydrogen-bond donors (Lipinski definition) is 1. The summed E-state index contributed by atoms with van der Waals surface area (Å²) >= 11 is 0. The molecule has 128 valence electrons. The molecule has 7 heteroatoms. The van der Waals surface area contributed by atoms with Gasteiger partial charge in [-0.3, -0.25) is 14.4 Å². The Bertz CT molecular complexity index is 680. The summed E-state index contributed by atoms with van der Waals surface area (Å²) in [4.78, 5) is 38.8. The van der Waals surface area contributed by atoms with E-state index in [0.29, 0.717) is 43.1 Å². The molecule has 0 unspecified atom stereocenters. The maximum absolute atomic E-state index is 12.4. The smallest absolute Gasteiger partial charge is 0.264 e. The van der Waals surface area contributed by atoms with Crippen LogP contribution in [0.2, 0.25) is 0 Å². The summed E-state index contributed by atoms with van der Waals surface area (Å²) in [6, 6.07) is 5.27. The van der Waals surface area contributed by atoms with Crippen molar-refractivity contribution in [2.75, 3.05) is 37.0 Å². The number of piperidine rings is 1. The van der Waals surface area contributed by atoms with Crippen molar-refractivity contribution in [1.29, 1.82) is 0 Å². The predicted molar refractivity (Wildman–Crippen MR) is 89.0 cm³/mol. The predicted octanol–water partition coefficient (Wildman–Crippen LogP) is 1.24. The molecule has 1 aromatic rings. The van der Waals surface area contributed by atoms with Crippen molar-refractivity contribution in [1.82, 2.24) is 4.90 Å². The number of anilines is 2. The second-order valence-electron chi connectivity index (χ2n) is 6.19. The molecule has 1 saturated heterocycles. The Morgan fingerprint density at radius 2 is 1.96 bits per heavy atom. The molecule has 2 aliphatic heterocycles. The first kappa shape index (κ1) is 16.3. The highest BCUT2D eigenvalue weighted by atomic mass is 16.5. The molecule has 3 amide bonds. The molecule has 2 aliphatic rings. The minimum Gasteiger partial charge on any atom is -0.482 e. The minimum atomic E-state index is -0.123. The van der Waals surface area contributed by atoms with E-state index in [4.69, 9.17) is 4.74 Å². The third-order valence-corrected chi connectivity index (χ3v) is 4.62. The van der Waals surface area contributed by atoms with Crippen LogP contribution in [0.3, 0.4) is 0 Å². The lowest BCUT2D eigenvalue weighted by Gasteiger charge is -2.30. The fraction of sp³-hybridized carbons (Fsp3) is 0.471. The van der Waals surface area contributed by atoms with E-state index in [0.717, 1.165) is 0 Å². The topological polar surface area (TPSA) is 79.0 Å². The number of ether oxygens (including phenoxy) is 1. The molecule has 0 atom stereocenters. The van der Waals surface area contributed by atoms with Crippen LogP contribution in [-0.4, -0.2) is 49.4 Å². The summed E-state index contributed by atoms with van der Waals surface area (Å²) < 4.78 is 5.38. The number of likely N-dealkylation sites (N-methyl/N-ethyl adjacent to an activating group) is 1. The third kappa shape index (κ3) is 3.20. The highest BCUT2D eigenvalue weighted by Gasteiger charge is 2.27. The van der Waals surface area contributed by atoms with E-state index in [1.165, 1.54) is 4.90 Å². The molecular weight excluding hydrogens is 310 g/mol.